The van der Waals surface area contributed by atoms with Gasteiger partial charge in [-0.25, -0.2) is 0 Å². The lowest BCUT2D eigenvalue weighted by atomic mass is 10.2. The Bertz CT molecular complexity index is 510. The zero-order valence-electron chi connectivity index (χ0n) is 9.45. The van der Waals surface area contributed by atoms with Crippen molar-refractivity contribution in [3.05, 3.63) is 45.7 Å². The van der Waals surface area contributed by atoms with Crippen molar-refractivity contribution in [3.8, 4) is 0 Å². The molecule has 0 aliphatic heterocycles. The van der Waals surface area contributed by atoms with Crippen molar-refractivity contribution in [2.24, 2.45) is 0 Å². The van der Waals surface area contributed by atoms with Crippen LogP contribution in [-0.4, -0.2) is 9.78 Å². The smallest absolute Gasteiger partial charge is 0.0729 e. The number of nitrogens with zero attached hydrogens (tertiary/aromatic N) is 2. The maximum absolute atomic E-state index is 6.14. The van der Waals surface area contributed by atoms with Crippen LogP contribution in [0.1, 0.15) is 12.5 Å². The lowest BCUT2D eigenvalue weighted by Crippen LogP contribution is -1.99. The fourth-order valence-corrected chi connectivity index (χ4v) is 2.23. The van der Waals surface area contributed by atoms with E-state index in [0.717, 1.165) is 27.3 Å². The summed E-state index contributed by atoms with van der Waals surface area (Å²) < 4.78 is 2.87. The van der Waals surface area contributed by atoms with E-state index in [9.17, 15) is 0 Å². The molecule has 0 amide bonds. The van der Waals surface area contributed by atoms with Crippen molar-refractivity contribution in [2.75, 3.05) is 5.32 Å². The first-order valence-corrected chi connectivity index (χ1v) is 6.56. The summed E-state index contributed by atoms with van der Waals surface area (Å²) in [7, 11) is 0. The molecule has 1 N–H and O–H groups in total. The maximum Gasteiger partial charge on any atom is 0.0729 e. The summed E-state index contributed by atoms with van der Waals surface area (Å²) in [6.45, 7) is 3.63. The molecular weight excluding hydrogens is 302 g/mol. The largest absolute Gasteiger partial charge is 0.378 e. The first-order valence-electron chi connectivity index (χ1n) is 5.39. The van der Waals surface area contributed by atoms with Crippen LogP contribution in [0.4, 0.5) is 5.69 Å². The molecule has 0 bridgehead atoms. The van der Waals surface area contributed by atoms with E-state index in [1.54, 1.807) is 0 Å². The molecule has 0 aliphatic rings. The maximum atomic E-state index is 6.14. The van der Waals surface area contributed by atoms with Crippen LogP contribution in [0, 0.1) is 0 Å². The quantitative estimate of drug-likeness (QED) is 0.926. The molecule has 0 radical (unpaired) electrons. The van der Waals surface area contributed by atoms with Gasteiger partial charge in [0, 0.05) is 28.8 Å². The van der Waals surface area contributed by atoms with Crippen LogP contribution in [0.25, 0.3) is 0 Å². The minimum Gasteiger partial charge on any atom is -0.378 e. The summed E-state index contributed by atoms with van der Waals surface area (Å²) in [4.78, 5) is 0. The number of aromatic nitrogens is 2. The third-order valence-electron chi connectivity index (χ3n) is 2.46. The highest BCUT2D eigenvalue weighted by Crippen LogP contribution is 2.22. The number of nitrogens with one attached hydrogen (secondary N) is 1. The van der Waals surface area contributed by atoms with Crippen LogP contribution >= 0.6 is 27.5 Å². The molecule has 17 heavy (non-hydrogen) atoms. The molecule has 0 saturated carbocycles. The Morgan fingerprint density at radius 2 is 2.29 bits per heavy atom. The molecule has 0 spiro atoms. The van der Waals surface area contributed by atoms with E-state index < -0.39 is 0 Å². The third-order valence-corrected chi connectivity index (χ3v) is 3.30. The van der Waals surface area contributed by atoms with Gasteiger partial charge in [-0.05, 0) is 24.6 Å². The predicted molar refractivity (Wildman–Crippen MR) is 74.4 cm³/mol. The highest BCUT2D eigenvalue weighted by molar-refractivity contribution is 9.10. The molecule has 90 valence electrons. The highest BCUT2D eigenvalue weighted by Gasteiger charge is 2.02. The number of hydrogen-bond donors (Lipinski definition) is 1. The Morgan fingerprint density at radius 1 is 1.47 bits per heavy atom. The van der Waals surface area contributed by atoms with E-state index >= 15 is 0 Å². The van der Waals surface area contributed by atoms with E-state index in [1.165, 1.54) is 0 Å². The first-order chi connectivity index (χ1) is 8.19. The molecule has 5 heteroatoms. The van der Waals surface area contributed by atoms with Crippen molar-refractivity contribution < 1.29 is 0 Å². The van der Waals surface area contributed by atoms with Crippen LogP contribution in [0.15, 0.2) is 35.1 Å². The van der Waals surface area contributed by atoms with E-state index in [2.05, 4.69) is 33.3 Å². The number of rotatable bonds is 4. The van der Waals surface area contributed by atoms with Crippen molar-refractivity contribution >= 4 is 33.2 Å². The van der Waals surface area contributed by atoms with Crippen molar-refractivity contribution in [1.82, 2.24) is 9.78 Å². The normalized spacial score (nSPS) is 10.5. The summed E-state index contributed by atoms with van der Waals surface area (Å²) in [5.41, 5.74) is 2.07. The van der Waals surface area contributed by atoms with E-state index in [-0.39, 0.29) is 0 Å². The molecule has 0 atom stereocenters. The predicted octanol–water partition coefficient (Wildman–Crippen LogP) is 3.93. The van der Waals surface area contributed by atoms with E-state index in [4.69, 9.17) is 11.6 Å². The van der Waals surface area contributed by atoms with Crippen LogP contribution in [0.3, 0.4) is 0 Å². The Labute approximate surface area is 114 Å². The van der Waals surface area contributed by atoms with Gasteiger partial charge >= 0.3 is 0 Å². The lowest BCUT2D eigenvalue weighted by Gasteiger charge is -2.06. The molecular formula is C12H13BrClN3. The zero-order chi connectivity index (χ0) is 12.3. The SMILES string of the molecule is CCn1cc(NCc2ccc(Br)cc2Cl)cn1. The van der Waals surface area contributed by atoms with Gasteiger partial charge in [0.15, 0.2) is 0 Å². The van der Waals surface area contributed by atoms with Gasteiger partial charge in [0.1, 0.15) is 0 Å². The molecule has 0 unspecified atom stereocenters. The molecule has 1 aromatic heterocycles. The molecule has 2 aromatic rings. The number of anilines is 1. The summed E-state index contributed by atoms with van der Waals surface area (Å²) in [6.07, 6.45) is 3.79. The average Bonchev–Trinajstić information content (AvgIpc) is 2.76. The van der Waals surface area contributed by atoms with E-state index in [1.807, 2.05) is 35.3 Å². The van der Waals surface area contributed by atoms with Gasteiger partial charge in [-0.1, -0.05) is 33.6 Å². The Hall–Kier alpha value is -1.00. The van der Waals surface area contributed by atoms with Gasteiger partial charge in [-0.2, -0.15) is 5.10 Å². The minimum absolute atomic E-state index is 0.696. The second-order valence-corrected chi connectivity index (χ2v) is 5.00. The molecule has 3 nitrogen and oxygen atoms in total. The van der Waals surface area contributed by atoms with Crippen LogP contribution in [-0.2, 0) is 13.1 Å². The third kappa shape index (κ3) is 3.23. The van der Waals surface area contributed by atoms with Gasteiger partial charge in [-0.15, -0.1) is 0 Å². The average molecular weight is 315 g/mol. The standard InChI is InChI=1S/C12H13BrClN3/c1-2-17-8-11(7-16-17)15-6-9-3-4-10(13)5-12(9)14/h3-5,7-8,15H,2,6H2,1H3. The van der Waals surface area contributed by atoms with Gasteiger partial charge in [0.25, 0.3) is 0 Å². The van der Waals surface area contributed by atoms with Crippen LogP contribution in [0.5, 0.6) is 0 Å². The molecule has 1 aromatic carbocycles. The topological polar surface area (TPSA) is 29.9 Å². The zero-order valence-corrected chi connectivity index (χ0v) is 11.8. The summed E-state index contributed by atoms with van der Waals surface area (Å²) in [5.74, 6) is 0. The van der Waals surface area contributed by atoms with Gasteiger partial charge in [0.05, 0.1) is 11.9 Å². The van der Waals surface area contributed by atoms with Crippen LogP contribution in [0.2, 0.25) is 5.02 Å². The number of aryl methyl sites for hydroxylation is 1. The van der Waals surface area contributed by atoms with Crippen molar-refractivity contribution in [3.63, 3.8) is 0 Å². The van der Waals surface area contributed by atoms with Gasteiger partial charge in [0.2, 0.25) is 0 Å². The second-order valence-electron chi connectivity index (χ2n) is 3.67. The number of halogens is 2. The lowest BCUT2D eigenvalue weighted by molar-refractivity contribution is 0.660. The Balaban J connectivity index is 2.02. The highest BCUT2D eigenvalue weighted by atomic mass is 79.9. The van der Waals surface area contributed by atoms with Crippen molar-refractivity contribution in [1.29, 1.82) is 0 Å². The first kappa shape index (κ1) is 12.5. The minimum atomic E-state index is 0.696. The Morgan fingerprint density at radius 3 is 2.94 bits per heavy atom. The molecule has 0 saturated heterocycles. The molecule has 0 fully saturated rings. The van der Waals surface area contributed by atoms with Crippen LogP contribution < -0.4 is 5.32 Å². The number of hydrogen-bond acceptors (Lipinski definition) is 2. The fourth-order valence-electron chi connectivity index (χ4n) is 1.49. The summed E-state index contributed by atoms with van der Waals surface area (Å²) >= 11 is 9.52. The monoisotopic (exact) mass is 313 g/mol. The fraction of sp³-hybridized carbons (Fsp3) is 0.250. The second kappa shape index (κ2) is 5.56. The Kier molecular flexibility index (Phi) is 4.07. The van der Waals surface area contributed by atoms with Gasteiger partial charge in [-0.3, -0.25) is 4.68 Å². The van der Waals surface area contributed by atoms with Gasteiger partial charge < -0.3 is 5.32 Å². The molecule has 0 aliphatic carbocycles. The molecule has 2 rings (SSSR count). The van der Waals surface area contributed by atoms with E-state index in [0.29, 0.717) is 6.54 Å². The van der Waals surface area contributed by atoms with Crippen molar-refractivity contribution in [2.45, 2.75) is 20.0 Å². The molecule has 1 heterocycles. The number of benzene rings is 1. The summed E-state index contributed by atoms with van der Waals surface area (Å²) in [6, 6.07) is 5.88. The summed E-state index contributed by atoms with van der Waals surface area (Å²) in [5, 5.41) is 8.25.